The molecule has 16 heavy (non-hydrogen) atoms. The van der Waals surface area contributed by atoms with Crippen LogP contribution in [0.4, 0.5) is 4.79 Å². The second-order valence-corrected chi connectivity index (χ2v) is 5.67. The van der Waals surface area contributed by atoms with Crippen LogP contribution in [0.2, 0.25) is 0 Å². The number of hydrogen-bond donors (Lipinski definition) is 0. The quantitative estimate of drug-likeness (QED) is 0.638. The molecule has 1 aliphatic heterocycles. The lowest BCUT2D eigenvalue weighted by atomic mass is 9.91. The number of imide groups is 1. The zero-order valence-corrected chi connectivity index (χ0v) is 10.7. The summed E-state index contributed by atoms with van der Waals surface area (Å²) in [7, 11) is 0. The topological polar surface area (TPSA) is 46.6 Å². The van der Waals surface area contributed by atoms with E-state index in [0.29, 0.717) is 12.5 Å². The van der Waals surface area contributed by atoms with Crippen LogP contribution in [0.5, 0.6) is 0 Å². The monoisotopic (exact) mass is 227 g/mol. The van der Waals surface area contributed by atoms with E-state index in [2.05, 4.69) is 0 Å². The van der Waals surface area contributed by atoms with Gasteiger partial charge in [-0.2, -0.15) is 0 Å². The highest BCUT2D eigenvalue weighted by atomic mass is 16.6. The third-order valence-corrected chi connectivity index (χ3v) is 2.55. The molecule has 4 nitrogen and oxygen atoms in total. The minimum atomic E-state index is -0.554. The number of likely N-dealkylation sites (tertiary alicyclic amines) is 1. The Morgan fingerprint density at radius 1 is 1.38 bits per heavy atom. The number of rotatable bonds is 0. The number of piperidine rings is 1. The van der Waals surface area contributed by atoms with Crippen LogP contribution in [-0.4, -0.2) is 29.0 Å². The summed E-state index contributed by atoms with van der Waals surface area (Å²) in [6, 6.07) is 0. The minimum absolute atomic E-state index is 0.0868. The number of amides is 2. The van der Waals surface area contributed by atoms with Crippen molar-refractivity contribution in [2.45, 2.75) is 46.6 Å². The van der Waals surface area contributed by atoms with Gasteiger partial charge in [-0.05, 0) is 33.1 Å². The van der Waals surface area contributed by atoms with Gasteiger partial charge in [0, 0.05) is 12.5 Å². The molecule has 2 unspecified atom stereocenters. The molecule has 1 saturated heterocycles. The molecule has 4 heteroatoms. The number of hydrogen-bond acceptors (Lipinski definition) is 3. The maximum atomic E-state index is 11.8. The van der Waals surface area contributed by atoms with Crippen molar-refractivity contribution in [3.63, 3.8) is 0 Å². The summed E-state index contributed by atoms with van der Waals surface area (Å²) in [5, 5.41) is 0. The maximum Gasteiger partial charge on any atom is 0.417 e. The zero-order valence-electron chi connectivity index (χ0n) is 10.7. The van der Waals surface area contributed by atoms with Crippen molar-refractivity contribution >= 4 is 12.0 Å². The van der Waals surface area contributed by atoms with Gasteiger partial charge in [0.05, 0.1) is 0 Å². The number of ether oxygens (including phenoxy) is 1. The van der Waals surface area contributed by atoms with E-state index in [4.69, 9.17) is 4.74 Å². The van der Waals surface area contributed by atoms with Gasteiger partial charge >= 0.3 is 6.09 Å². The van der Waals surface area contributed by atoms with Gasteiger partial charge in [-0.15, -0.1) is 0 Å². The van der Waals surface area contributed by atoms with Gasteiger partial charge in [-0.3, -0.25) is 4.79 Å². The molecule has 2 atom stereocenters. The summed E-state index contributed by atoms with van der Waals surface area (Å²) in [5.41, 5.74) is -0.554. The van der Waals surface area contributed by atoms with E-state index in [9.17, 15) is 9.59 Å². The molecule has 1 heterocycles. The Bertz CT molecular complexity index is 293. The average molecular weight is 227 g/mol. The summed E-state index contributed by atoms with van der Waals surface area (Å²) in [6.45, 7) is 9.76. The number of carbonyl (C=O) groups excluding carboxylic acids is 2. The van der Waals surface area contributed by atoms with Gasteiger partial charge in [-0.1, -0.05) is 13.8 Å². The molecule has 2 amide bonds. The van der Waals surface area contributed by atoms with Gasteiger partial charge < -0.3 is 4.74 Å². The fraction of sp³-hybridized carbons (Fsp3) is 0.833. The lowest BCUT2D eigenvalue weighted by molar-refractivity contribution is -0.138. The van der Waals surface area contributed by atoms with Crippen LogP contribution in [-0.2, 0) is 9.53 Å². The normalized spacial score (nSPS) is 26.8. The standard InChI is InChI=1S/C12H21NO3/c1-8-6-9(2)10(14)13(7-8)11(15)16-12(3,4)5/h8-9H,6-7H2,1-5H3. The smallest absolute Gasteiger partial charge is 0.417 e. The van der Waals surface area contributed by atoms with Gasteiger partial charge in [-0.25, -0.2) is 9.69 Å². The summed E-state index contributed by atoms with van der Waals surface area (Å²) in [5.74, 6) is 0.142. The van der Waals surface area contributed by atoms with Crippen molar-refractivity contribution in [3.05, 3.63) is 0 Å². The second kappa shape index (κ2) is 4.44. The highest BCUT2D eigenvalue weighted by molar-refractivity contribution is 5.93. The second-order valence-electron chi connectivity index (χ2n) is 5.67. The van der Waals surface area contributed by atoms with Gasteiger partial charge in [0.2, 0.25) is 5.91 Å². The van der Waals surface area contributed by atoms with Crippen molar-refractivity contribution in [3.8, 4) is 0 Å². The lowest BCUT2D eigenvalue weighted by Gasteiger charge is -2.34. The molecule has 0 aliphatic carbocycles. The fourth-order valence-electron chi connectivity index (χ4n) is 1.93. The molecule has 1 aliphatic rings. The number of carbonyl (C=O) groups is 2. The van der Waals surface area contributed by atoms with E-state index >= 15 is 0 Å². The Labute approximate surface area is 96.9 Å². The van der Waals surface area contributed by atoms with E-state index in [1.165, 1.54) is 4.90 Å². The Morgan fingerprint density at radius 2 is 1.94 bits per heavy atom. The predicted octanol–water partition coefficient (Wildman–Crippen LogP) is 2.43. The minimum Gasteiger partial charge on any atom is -0.443 e. The summed E-state index contributed by atoms with van der Waals surface area (Å²) < 4.78 is 5.21. The van der Waals surface area contributed by atoms with Crippen LogP contribution in [0.15, 0.2) is 0 Å². The molecule has 0 aromatic rings. The Balaban J connectivity index is 2.71. The van der Waals surface area contributed by atoms with E-state index in [1.54, 1.807) is 20.8 Å². The van der Waals surface area contributed by atoms with Gasteiger partial charge in [0.15, 0.2) is 0 Å². The molecule has 1 fully saturated rings. The Morgan fingerprint density at radius 3 is 2.44 bits per heavy atom. The van der Waals surface area contributed by atoms with E-state index in [1.807, 2.05) is 13.8 Å². The third kappa shape index (κ3) is 3.22. The first-order valence-electron chi connectivity index (χ1n) is 5.75. The average Bonchev–Trinajstić information content (AvgIpc) is 2.08. The molecule has 0 N–H and O–H groups in total. The largest absolute Gasteiger partial charge is 0.443 e. The first-order valence-corrected chi connectivity index (χ1v) is 5.75. The first-order chi connectivity index (χ1) is 7.20. The molecule has 0 spiro atoms. The van der Waals surface area contributed by atoms with Crippen molar-refractivity contribution in [1.29, 1.82) is 0 Å². The van der Waals surface area contributed by atoms with Crippen LogP contribution in [0, 0.1) is 11.8 Å². The van der Waals surface area contributed by atoms with Crippen molar-refractivity contribution < 1.29 is 14.3 Å². The lowest BCUT2D eigenvalue weighted by Crippen LogP contribution is -2.48. The predicted molar refractivity (Wildman–Crippen MR) is 60.9 cm³/mol. The summed E-state index contributed by atoms with van der Waals surface area (Å²) in [4.78, 5) is 24.9. The summed E-state index contributed by atoms with van der Waals surface area (Å²) in [6.07, 6.45) is 0.328. The molecule has 0 aromatic carbocycles. The van der Waals surface area contributed by atoms with Gasteiger partial charge in [0.1, 0.15) is 5.60 Å². The first kappa shape index (κ1) is 13.0. The molecule has 0 bridgehead atoms. The van der Waals surface area contributed by atoms with Crippen molar-refractivity contribution in [2.75, 3.05) is 6.54 Å². The molecule has 1 rings (SSSR count). The maximum absolute atomic E-state index is 11.8. The SMILES string of the molecule is CC1CC(C)C(=O)N(C(=O)OC(C)(C)C)C1. The Hall–Kier alpha value is -1.06. The molecule has 92 valence electrons. The highest BCUT2D eigenvalue weighted by Crippen LogP contribution is 2.23. The number of nitrogens with zero attached hydrogens (tertiary/aromatic N) is 1. The van der Waals surface area contributed by atoms with Crippen LogP contribution in [0.1, 0.15) is 41.0 Å². The van der Waals surface area contributed by atoms with Crippen LogP contribution >= 0.6 is 0 Å². The van der Waals surface area contributed by atoms with E-state index in [-0.39, 0.29) is 11.8 Å². The van der Waals surface area contributed by atoms with Crippen LogP contribution < -0.4 is 0 Å². The van der Waals surface area contributed by atoms with E-state index < -0.39 is 11.7 Å². The van der Waals surface area contributed by atoms with E-state index in [0.717, 1.165) is 6.42 Å². The highest BCUT2D eigenvalue weighted by Gasteiger charge is 2.35. The van der Waals surface area contributed by atoms with Crippen molar-refractivity contribution in [2.24, 2.45) is 11.8 Å². The zero-order chi connectivity index (χ0) is 12.5. The molecule has 0 saturated carbocycles. The van der Waals surface area contributed by atoms with Gasteiger partial charge in [0.25, 0.3) is 0 Å². The van der Waals surface area contributed by atoms with Crippen molar-refractivity contribution in [1.82, 2.24) is 4.90 Å². The molecule has 0 aromatic heterocycles. The van der Waals surface area contributed by atoms with Crippen LogP contribution in [0.25, 0.3) is 0 Å². The molecular weight excluding hydrogens is 206 g/mol. The molecular formula is C12H21NO3. The molecule has 0 radical (unpaired) electrons. The third-order valence-electron chi connectivity index (χ3n) is 2.55. The Kier molecular flexibility index (Phi) is 3.61. The summed E-state index contributed by atoms with van der Waals surface area (Å²) >= 11 is 0. The fourth-order valence-corrected chi connectivity index (χ4v) is 1.93. The van der Waals surface area contributed by atoms with Crippen LogP contribution in [0.3, 0.4) is 0 Å².